The smallest absolute Gasteiger partial charge is 0.215 e. The van der Waals surface area contributed by atoms with Crippen molar-refractivity contribution in [1.82, 2.24) is 14.9 Å². The van der Waals surface area contributed by atoms with E-state index in [0.29, 0.717) is 6.54 Å². The Morgan fingerprint density at radius 3 is 2.11 bits per heavy atom. The van der Waals surface area contributed by atoms with Crippen LogP contribution in [0.15, 0.2) is 53.5 Å². The van der Waals surface area contributed by atoms with Crippen molar-refractivity contribution in [2.24, 2.45) is 4.99 Å². The van der Waals surface area contributed by atoms with Crippen LogP contribution in [0.3, 0.4) is 0 Å². The van der Waals surface area contributed by atoms with Crippen molar-refractivity contribution in [1.29, 1.82) is 0 Å². The summed E-state index contributed by atoms with van der Waals surface area (Å²) >= 11 is 0. The van der Waals surface area contributed by atoms with Crippen LogP contribution in [-0.4, -0.2) is 40.4 Å². The van der Waals surface area contributed by atoms with Crippen LogP contribution in [0.2, 0.25) is 0 Å². The Morgan fingerprint density at radius 1 is 1.00 bits per heavy atom. The number of nitrogens with one attached hydrogen (secondary N) is 2. The molecule has 6 nitrogen and oxygen atoms in total. The highest BCUT2D eigenvalue weighted by atomic mass is 32.2. The third-order valence-corrected chi connectivity index (χ3v) is 5.59. The van der Waals surface area contributed by atoms with E-state index in [2.05, 4.69) is 51.1 Å². The van der Waals surface area contributed by atoms with Crippen LogP contribution >= 0.6 is 0 Å². The standard InChI is InChI=1S/C20H28N4O2S/c1-16-5-7-18(8-6-16)14-24(4)20(21-2)23-13-17-9-11-19(12-10-17)15-27(25,26)22-3/h5-12,22H,13-15H2,1-4H3,(H,21,23). The summed E-state index contributed by atoms with van der Waals surface area (Å²) < 4.78 is 25.5. The van der Waals surface area contributed by atoms with E-state index in [0.717, 1.165) is 23.6 Å². The molecule has 0 saturated carbocycles. The molecule has 146 valence electrons. The predicted octanol–water partition coefficient (Wildman–Crippen LogP) is 2.25. The van der Waals surface area contributed by atoms with Crippen molar-refractivity contribution >= 4 is 16.0 Å². The summed E-state index contributed by atoms with van der Waals surface area (Å²) in [6, 6.07) is 16.0. The van der Waals surface area contributed by atoms with E-state index >= 15 is 0 Å². The first-order chi connectivity index (χ1) is 12.8. The first-order valence-corrected chi connectivity index (χ1v) is 10.4. The van der Waals surface area contributed by atoms with Gasteiger partial charge in [0.05, 0.1) is 5.75 Å². The molecule has 0 bridgehead atoms. The van der Waals surface area contributed by atoms with Gasteiger partial charge in [-0.1, -0.05) is 54.1 Å². The summed E-state index contributed by atoms with van der Waals surface area (Å²) in [7, 11) is 1.94. The van der Waals surface area contributed by atoms with Crippen LogP contribution in [0.1, 0.15) is 22.3 Å². The van der Waals surface area contributed by atoms with Gasteiger partial charge in [-0.15, -0.1) is 0 Å². The molecule has 2 aromatic carbocycles. The molecule has 0 fully saturated rings. The van der Waals surface area contributed by atoms with Crippen LogP contribution in [0, 0.1) is 6.92 Å². The molecule has 0 aromatic heterocycles. The fourth-order valence-corrected chi connectivity index (χ4v) is 3.43. The zero-order valence-electron chi connectivity index (χ0n) is 16.4. The molecule has 2 aromatic rings. The summed E-state index contributed by atoms with van der Waals surface area (Å²) in [6.45, 7) is 3.46. The average Bonchev–Trinajstić information content (AvgIpc) is 2.65. The molecule has 0 radical (unpaired) electrons. The molecule has 0 amide bonds. The lowest BCUT2D eigenvalue weighted by Crippen LogP contribution is -2.38. The Morgan fingerprint density at radius 2 is 1.56 bits per heavy atom. The van der Waals surface area contributed by atoms with E-state index in [4.69, 9.17) is 0 Å². The molecule has 27 heavy (non-hydrogen) atoms. The topological polar surface area (TPSA) is 73.8 Å². The van der Waals surface area contributed by atoms with Gasteiger partial charge < -0.3 is 10.2 Å². The third kappa shape index (κ3) is 6.69. The van der Waals surface area contributed by atoms with Crippen LogP contribution in [0.5, 0.6) is 0 Å². The summed E-state index contributed by atoms with van der Waals surface area (Å²) in [5, 5.41) is 3.34. The zero-order valence-corrected chi connectivity index (χ0v) is 17.2. The number of hydrogen-bond acceptors (Lipinski definition) is 3. The highest BCUT2D eigenvalue weighted by Gasteiger charge is 2.09. The minimum atomic E-state index is -3.25. The van der Waals surface area contributed by atoms with Gasteiger partial charge in [0, 0.05) is 27.2 Å². The highest BCUT2D eigenvalue weighted by molar-refractivity contribution is 7.88. The van der Waals surface area contributed by atoms with E-state index in [-0.39, 0.29) is 5.75 Å². The van der Waals surface area contributed by atoms with Crippen LogP contribution in [0.4, 0.5) is 0 Å². The molecule has 0 atom stereocenters. The lowest BCUT2D eigenvalue weighted by Gasteiger charge is -2.22. The SMILES string of the molecule is CN=C(NCc1ccc(CS(=O)(=O)NC)cc1)N(C)Cc1ccc(C)cc1. The van der Waals surface area contributed by atoms with Gasteiger partial charge in [0.2, 0.25) is 10.0 Å². The number of nitrogens with zero attached hydrogens (tertiary/aromatic N) is 2. The molecule has 0 unspecified atom stereocenters. The minimum Gasteiger partial charge on any atom is -0.352 e. The third-order valence-electron chi connectivity index (χ3n) is 4.26. The molecule has 0 aliphatic carbocycles. The Bertz CT molecular complexity index is 860. The van der Waals surface area contributed by atoms with E-state index < -0.39 is 10.0 Å². The molecule has 2 N–H and O–H groups in total. The number of aliphatic imine (C=N–C) groups is 1. The molecule has 0 saturated heterocycles. The first kappa shape index (κ1) is 20.9. The average molecular weight is 389 g/mol. The van der Waals surface area contributed by atoms with Crippen molar-refractivity contribution in [3.8, 4) is 0 Å². The Labute approximate surface area is 162 Å². The van der Waals surface area contributed by atoms with Gasteiger partial charge in [-0.2, -0.15) is 0 Å². The quantitative estimate of drug-likeness (QED) is 0.564. The Balaban J connectivity index is 1.92. The van der Waals surface area contributed by atoms with Gasteiger partial charge in [0.25, 0.3) is 0 Å². The minimum absolute atomic E-state index is 0.0157. The normalized spacial score (nSPS) is 12.1. The molecular weight excluding hydrogens is 360 g/mol. The lowest BCUT2D eigenvalue weighted by molar-refractivity contribution is 0.476. The fourth-order valence-electron chi connectivity index (χ4n) is 2.65. The van der Waals surface area contributed by atoms with Gasteiger partial charge in [-0.05, 0) is 30.7 Å². The lowest BCUT2D eigenvalue weighted by atomic mass is 10.1. The second-order valence-corrected chi connectivity index (χ2v) is 8.45. The zero-order chi connectivity index (χ0) is 19.9. The van der Waals surface area contributed by atoms with Crippen LogP contribution in [-0.2, 0) is 28.9 Å². The van der Waals surface area contributed by atoms with Crippen LogP contribution < -0.4 is 10.0 Å². The maximum absolute atomic E-state index is 11.6. The molecule has 0 aliphatic heterocycles. The van der Waals surface area contributed by atoms with E-state index in [9.17, 15) is 8.42 Å². The first-order valence-electron chi connectivity index (χ1n) is 8.79. The van der Waals surface area contributed by atoms with Gasteiger partial charge in [-0.3, -0.25) is 4.99 Å². The summed E-state index contributed by atoms with van der Waals surface area (Å²) in [4.78, 5) is 6.41. The number of benzene rings is 2. The Hall–Kier alpha value is -2.38. The number of aryl methyl sites for hydroxylation is 1. The number of rotatable bonds is 7. The van der Waals surface area contributed by atoms with Crippen molar-refractivity contribution in [2.45, 2.75) is 25.8 Å². The van der Waals surface area contributed by atoms with Gasteiger partial charge in [0.1, 0.15) is 0 Å². The van der Waals surface area contributed by atoms with Gasteiger partial charge in [-0.25, -0.2) is 13.1 Å². The van der Waals surface area contributed by atoms with Crippen molar-refractivity contribution < 1.29 is 8.42 Å². The number of guanidine groups is 1. The summed E-state index contributed by atoms with van der Waals surface area (Å²) in [5.41, 5.74) is 4.29. The maximum Gasteiger partial charge on any atom is 0.215 e. The molecule has 0 spiro atoms. The van der Waals surface area contributed by atoms with Crippen molar-refractivity contribution in [2.75, 3.05) is 21.1 Å². The van der Waals surface area contributed by atoms with E-state index in [1.165, 1.54) is 18.2 Å². The fraction of sp³-hybridized carbons (Fsp3) is 0.350. The number of hydrogen-bond donors (Lipinski definition) is 2. The predicted molar refractivity (Wildman–Crippen MR) is 111 cm³/mol. The van der Waals surface area contributed by atoms with Crippen molar-refractivity contribution in [3.63, 3.8) is 0 Å². The summed E-state index contributed by atoms with van der Waals surface area (Å²) in [6.07, 6.45) is 0. The molecule has 0 heterocycles. The highest BCUT2D eigenvalue weighted by Crippen LogP contribution is 2.09. The van der Waals surface area contributed by atoms with E-state index in [1.54, 1.807) is 7.05 Å². The van der Waals surface area contributed by atoms with E-state index in [1.807, 2.05) is 31.3 Å². The maximum atomic E-state index is 11.6. The molecule has 2 rings (SSSR count). The monoisotopic (exact) mass is 388 g/mol. The molecule has 7 heteroatoms. The van der Waals surface area contributed by atoms with Crippen molar-refractivity contribution in [3.05, 3.63) is 70.8 Å². The van der Waals surface area contributed by atoms with Gasteiger partial charge in [0.15, 0.2) is 5.96 Å². The largest absolute Gasteiger partial charge is 0.352 e. The molecular formula is C20H28N4O2S. The second kappa shape index (κ2) is 9.53. The number of sulfonamides is 1. The molecule has 0 aliphatic rings. The summed E-state index contributed by atoms with van der Waals surface area (Å²) in [5.74, 6) is 0.787. The second-order valence-electron chi connectivity index (χ2n) is 6.52. The van der Waals surface area contributed by atoms with Crippen LogP contribution in [0.25, 0.3) is 0 Å². The Kier molecular flexibility index (Phi) is 7.38. The van der Waals surface area contributed by atoms with Gasteiger partial charge >= 0.3 is 0 Å².